The van der Waals surface area contributed by atoms with E-state index in [0.717, 1.165) is 22.5 Å². The number of rotatable bonds is 5. The zero-order chi connectivity index (χ0) is 26.1. The van der Waals surface area contributed by atoms with Crippen molar-refractivity contribution in [1.82, 2.24) is 0 Å². The molecular formula is C31H30FN3O2. The van der Waals surface area contributed by atoms with Crippen molar-refractivity contribution in [3.05, 3.63) is 107 Å². The zero-order valence-electron chi connectivity index (χ0n) is 21.2. The molecular weight excluding hydrogens is 465 g/mol. The number of amides is 1. The Kier molecular flexibility index (Phi) is 6.74. The number of allylic oxidation sites excluding steroid dienone is 2. The van der Waals surface area contributed by atoms with Crippen LogP contribution in [0.3, 0.4) is 0 Å². The van der Waals surface area contributed by atoms with Crippen LogP contribution in [0.5, 0.6) is 0 Å². The van der Waals surface area contributed by atoms with Gasteiger partial charge in [0.1, 0.15) is 5.82 Å². The maximum atomic E-state index is 13.8. The Labute approximate surface area is 216 Å². The lowest BCUT2D eigenvalue weighted by Gasteiger charge is -2.37. The summed E-state index contributed by atoms with van der Waals surface area (Å²) in [4.78, 5) is 34.2. The highest BCUT2D eigenvalue weighted by molar-refractivity contribution is 6.13. The second-order valence-electron chi connectivity index (χ2n) is 9.99. The van der Waals surface area contributed by atoms with Crippen molar-refractivity contribution < 1.29 is 14.0 Å². The lowest BCUT2D eigenvalue weighted by molar-refractivity contribution is -0.119. The van der Waals surface area contributed by atoms with Gasteiger partial charge < -0.3 is 10.2 Å². The van der Waals surface area contributed by atoms with Gasteiger partial charge in [0.15, 0.2) is 5.78 Å². The number of nitrogens with zero attached hydrogens (tertiary/aromatic N) is 2. The first-order chi connectivity index (χ1) is 17.8. The predicted octanol–water partition coefficient (Wildman–Crippen LogP) is 6.11. The van der Waals surface area contributed by atoms with E-state index in [1.54, 1.807) is 12.1 Å². The van der Waals surface area contributed by atoms with Gasteiger partial charge >= 0.3 is 0 Å². The summed E-state index contributed by atoms with van der Waals surface area (Å²) in [6, 6.07) is 23.8. The lowest BCUT2D eigenvalue weighted by Crippen LogP contribution is -2.39. The molecule has 0 spiro atoms. The van der Waals surface area contributed by atoms with Crippen LogP contribution in [0.15, 0.2) is 95.1 Å². The molecule has 5 nitrogen and oxygen atoms in total. The molecule has 0 radical (unpaired) electrons. The van der Waals surface area contributed by atoms with Crippen molar-refractivity contribution in [3.8, 4) is 0 Å². The average molecular weight is 496 g/mol. The molecule has 1 unspecified atom stereocenters. The van der Waals surface area contributed by atoms with Crippen LogP contribution in [-0.4, -0.2) is 31.5 Å². The molecule has 0 saturated heterocycles. The Hall–Kier alpha value is -4.06. The number of ketones is 1. The molecule has 0 saturated carbocycles. The number of hydrogen-bond donors (Lipinski definition) is 1. The normalized spacial score (nSPS) is 21.2. The van der Waals surface area contributed by atoms with E-state index in [0.29, 0.717) is 29.8 Å². The third kappa shape index (κ3) is 4.96. The van der Waals surface area contributed by atoms with Crippen LogP contribution in [0, 0.1) is 11.7 Å². The average Bonchev–Trinajstić information content (AvgIpc) is 2.88. The minimum absolute atomic E-state index is 0.0246. The highest BCUT2D eigenvalue weighted by Crippen LogP contribution is 2.47. The van der Waals surface area contributed by atoms with E-state index in [-0.39, 0.29) is 17.6 Å². The Bertz CT molecular complexity index is 1390. The highest BCUT2D eigenvalue weighted by Gasteiger charge is 2.44. The first-order valence-corrected chi connectivity index (χ1v) is 12.5. The number of Topliss-reactive ketones (excluding diaryl/α,β-unsaturated/α-hetero) is 1. The van der Waals surface area contributed by atoms with Gasteiger partial charge in [0, 0.05) is 54.8 Å². The summed E-state index contributed by atoms with van der Waals surface area (Å²) < 4.78 is 13.8. The number of carbonyl (C=O) groups excluding carboxylic acids is 2. The third-order valence-corrected chi connectivity index (χ3v) is 7.30. The van der Waals surface area contributed by atoms with Crippen LogP contribution in [0.2, 0.25) is 0 Å². The summed E-state index contributed by atoms with van der Waals surface area (Å²) in [7, 11) is 3.94. The Morgan fingerprint density at radius 3 is 2.35 bits per heavy atom. The van der Waals surface area contributed by atoms with Crippen molar-refractivity contribution in [1.29, 1.82) is 0 Å². The summed E-state index contributed by atoms with van der Waals surface area (Å²) in [6.45, 7) is 1.84. The molecule has 6 heteroatoms. The summed E-state index contributed by atoms with van der Waals surface area (Å²) in [5, 5.41) is 2.86. The monoisotopic (exact) mass is 495 g/mol. The molecule has 3 atom stereocenters. The zero-order valence-corrected chi connectivity index (χ0v) is 21.2. The lowest BCUT2D eigenvalue weighted by atomic mass is 9.69. The number of halogens is 1. The van der Waals surface area contributed by atoms with E-state index in [9.17, 15) is 14.0 Å². The minimum Gasteiger partial charge on any atom is -0.378 e. The number of aliphatic imine (C=N–C) groups is 1. The topological polar surface area (TPSA) is 61.8 Å². The number of carbonyl (C=O) groups is 2. The molecule has 1 N–H and O–H groups in total. The number of anilines is 2. The van der Waals surface area contributed by atoms with Gasteiger partial charge in [-0.2, -0.15) is 0 Å². The SMILES string of the molecule is CC1=NC2=C(C(=O)C[C@H](c3ccccc3)C2)[C@H](c2ccc(N(C)C)cc2)C1C(=O)Nc1cccc(F)c1. The molecule has 2 aliphatic rings. The molecule has 0 bridgehead atoms. The van der Waals surface area contributed by atoms with Crippen LogP contribution < -0.4 is 10.2 Å². The largest absolute Gasteiger partial charge is 0.378 e. The van der Waals surface area contributed by atoms with Crippen molar-refractivity contribution in [2.75, 3.05) is 24.3 Å². The second-order valence-corrected chi connectivity index (χ2v) is 9.99. The minimum atomic E-state index is -0.690. The van der Waals surface area contributed by atoms with Gasteiger partial charge in [-0.15, -0.1) is 0 Å². The summed E-state index contributed by atoms with van der Waals surface area (Å²) in [5.41, 5.74) is 5.44. The molecule has 3 aromatic rings. The van der Waals surface area contributed by atoms with Crippen LogP contribution >= 0.6 is 0 Å². The van der Waals surface area contributed by atoms with Crippen LogP contribution in [0.4, 0.5) is 15.8 Å². The number of benzene rings is 3. The fourth-order valence-electron chi connectivity index (χ4n) is 5.49. The number of hydrogen-bond acceptors (Lipinski definition) is 4. The number of nitrogens with one attached hydrogen (secondary N) is 1. The van der Waals surface area contributed by atoms with Gasteiger partial charge in [-0.25, -0.2) is 4.39 Å². The first-order valence-electron chi connectivity index (χ1n) is 12.5. The smallest absolute Gasteiger partial charge is 0.234 e. The Balaban J connectivity index is 1.56. The second kappa shape index (κ2) is 10.1. The summed E-state index contributed by atoms with van der Waals surface area (Å²) in [5.74, 6) is -1.82. The standard InChI is InChI=1S/C31H30FN3O2/c1-19-28(31(37)34-24-11-7-10-23(32)18-24)29(21-12-14-25(15-13-21)35(2)3)30-26(33-19)16-22(17-27(30)36)20-8-5-4-6-9-20/h4-15,18,22,28-29H,16-17H2,1-3H3,(H,34,37)/t22-,28?,29-/m1/s1. The quantitative estimate of drug-likeness (QED) is 0.465. The van der Waals surface area contributed by atoms with E-state index in [1.165, 1.54) is 12.1 Å². The van der Waals surface area contributed by atoms with Crippen molar-refractivity contribution >= 4 is 28.8 Å². The van der Waals surface area contributed by atoms with E-state index in [1.807, 2.05) is 68.4 Å². The molecule has 0 aromatic heterocycles. The maximum absolute atomic E-state index is 13.8. The third-order valence-electron chi connectivity index (χ3n) is 7.30. The van der Waals surface area contributed by atoms with Gasteiger partial charge in [-0.3, -0.25) is 14.6 Å². The van der Waals surface area contributed by atoms with Crippen LogP contribution in [0.25, 0.3) is 0 Å². The molecule has 1 heterocycles. The Morgan fingerprint density at radius 1 is 0.946 bits per heavy atom. The predicted molar refractivity (Wildman–Crippen MR) is 146 cm³/mol. The fraction of sp³-hybridized carbons (Fsp3) is 0.258. The summed E-state index contributed by atoms with van der Waals surface area (Å²) >= 11 is 0. The molecule has 3 aromatic carbocycles. The molecule has 1 aliphatic carbocycles. The van der Waals surface area contributed by atoms with E-state index < -0.39 is 17.7 Å². The van der Waals surface area contributed by atoms with Crippen LogP contribution in [0.1, 0.15) is 42.7 Å². The van der Waals surface area contributed by atoms with Crippen molar-refractivity contribution in [2.45, 2.75) is 31.6 Å². The molecule has 37 heavy (non-hydrogen) atoms. The molecule has 1 aliphatic heterocycles. The molecule has 0 fully saturated rings. The molecule has 5 rings (SSSR count). The van der Waals surface area contributed by atoms with Gasteiger partial charge in [0.05, 0.1) is 5.92 Å². The summed E-state index contributed by atoms with van der Waals surface area (Å²) in [6.07, 6.45) is 1.02. The van der Waals surface area contributed by atoms with Gasteiger partial charge in [0.2, 0.25) is 5.91 Å². The van der Waals surface area contributed by atoms with E-state index >= 15 is 0 Å². The van der Waals surface area contributed by atoms with Crippen molar-refractivity contribution in [3.63, 3.8) is 0 Å². The first kappa shape index (κ1) is 24.6. The molecule has 1 amide bonds. The molecule has 188 valence electrons. The maximum Gasteiger partial charge on any atom is 0.234 e. The van der Waals surface area contributed by atoms with Gasteiger partial charge in [0.25, 0.3) is 0 Å². The van der Waals surface area contributed by atoms with E-state index in [2.05, 4.69) is 17.4 Å². The van der Waals surface area contributed by atoms with E-state index in [4.69, 9.17) is 4.99 Å². The van der Waals surface area contributed by atoms with Crippen LogP contribution in [-0.2, 0) is 9.59 Å². The van der Waals surface area contributed by atoms with Crippen molar-refractivity contribution in [2.24, 2.45) is 10.9 Å². The fourth-order valence-corrected chi connectivity index (χ4v) is 5.49. The highest BCUT2D eigenvalue weighted by atomic mass is 19.1. The van der Waals surface area contributed by atoms with Gasteiger partial charge in [-0.1, -0.05) is 48.5 Å². The Morgan fingerprint density at radius 2 is 1.68 bits per heavy atom. The van der Waals surface area contributed by atoms with Gasteiger partial charge in [-0.05, 0) is 60.7 Å².